The molecular weight excluding hydrogens is 554 g/mol. The number of ether oxygens (including phenoxy) is 1. The Bertz CT molecular complexity index is 1450. The molecule has 2 N–H and O–H groups in total. The number of fused-ring (bicyclic) bond motifs is 1. The number of amides is 1. The lowest BCUT2D eigenvalue weighted by Crippen LogP contribution is -2.46. The monoisotopic (exact) mass is 581 g/mol. The van der Waals surface area contributed by atoms with E-state index in [2.05, 4.69) is 36.6 Å². The van der Waals surface area contributed by atoms with E-state index >= 15 is 0 Å². The number of carboxylic acid groups (broad SMARTS) is 1. The summed E-state index contributed by atoms with van der Waals surface area (Å²) in [6, 6.07) is 13.5. The van der Waals surface area contributed by atoms with Crippen molar-refractivity contribution < 1.29 is 23.8 Å². The zero-order chi connectivity index (χ0) is 26.7. The SMILES string of the molecule is CCCC(=O)N(Cc1ccc2oc(-c3ccccc3-c3nn[nH]n3)c(Br)c2c1)CC1(OC(=O)O)CCCC1. The Morgan fingerprint density at radius 2 is 1.95 bits per heavy atom. The van der Waals surface area contributed by atoms with Crippen LogP contribution in [0.25, 0.3) is 33.7 Å². The van der Waals surface area contributed by atoms with Crippen LogP contribution >= 0.6 is 15.9 Å². The van der Waals surface area contributed by atoms with Gasteiger partial charge in [0, 0.05) is 29.5 Å². The maximum Gasteiger partial charge on any atom is 0.506 e. The largest absolute Gasteiger partial charge is 0.506 e. The van der Waals surface area contributed by atoms with Gasteiger partial charge in [0.2, 0.25) is 11.7 Å². The van der Waals surface area contributed by atoms with Crippen LogP contribution in [0.5, 0.6) is 0 Å². The van der Waals surface area contributed by atoms with Gasteiger partial charge in [-0.25, -0.2) is 4.79 Å². The first-order valence-corrected chi connectivity index (χ1v) is 13.4. The summed E-state index contributed by atoms with van der Waals surface area (Å²) in [5.41, 5.74) is 2.32. The average Bonchev–Trinajstić information content (AvgIpc) is 3.65. The molecule has 1 saturated carbocycles. The Balaban J connectivity index is 1.47. The summed E-state index contributed by atoms with van der Waals surface area (Å²) in [5.74, 6) is 1.08. The third kappa shape index (κ3) is 5.28. The molecule has 2 aromatic heterocycles. The van der Waals surface area contributed by atoms with Gasteiger partial charge >= 0.3 is 6.16 Å². The number of carbonyl (C=O) groups is 2. The molecule has 4 aromatic rings. The number of benzene rings is 2. The van der Waals surface area contributed by atoms with Gasteiger partial charge in [-0.1, -0.05) is 37.3 Å². The number of nitrogens with one attached hydrogen (secondary N) is 1. The van der Waals surface area contributed by atoms with Gasteiger partial charge in [0.1, 0.15) is 16.9 Å². The predicted octanol–water partition coefficient (Wildman–Crippen LogP) is 6.18. The van der Waals surface area contributed by atoms with Crippen LogP contribution in [-0.2, 0) is 16.1 Å². The van der Waals surface area contributed by atoms with E-state index in [1.165, 1.54) is 0 Å². The first kappa shape index (κ1) is 25.9. The first-order valence-electron chi connectivity index (χ1n) is 12.6. The van der Waals surface area contributed by atoms with Crippen LogP contribution in [0.15, 0.2) is 51.4 Å². The summed E-state index contributed by atoms with van der Waals surface area (Å²) in [4.78, 5) is 26.3. The Morgan fingerprint density at radius 3 is 2.63 bits per heavy atom. The maximum atomic E-state index is 13.1. The van der Waals surface area contributed by atoms with Crippen LogP contribution < -0.4 is 0 Å². The predicted molar refractivity (Wildman–Crippen MR) is 143 cm³/mol. The van der Waals surface area contributed by atoms with Crippen molar-refractivity contribution in [2.24, 2.45) is 0 Å². The second kappa shape index (κ2) is 10.9. The minimum atomic E-state index is -1.30. The number of rotatable bonds is 9. The molecule has 1 aliphatic rings. The maximum absolute atomic E-state index is 13.1. The van der Waals surface area contributed by atoms with Crippen LogP contribution in [0, 0.1) is 0 Å². The first-order chi connectivity index (χ1) is 18.4. The van der Waals surface area contributed by atoms with Crippen molar-refractivity contribution in [3.8, 4) is 22.7 Å². The van der Waals surface area contributed by atoms with Crippen LogP contribution in [0.2, 0.25) is 0 Å². The van der Waals surface area contributed by atoms with E-state index in [0.717, 1.165) is 39.4 Å². The molecule has 198 valence electrons. The van der Waals surface area contributed by atoms with Crippen LogP contribution in [0.1, 0.15) is 51.0 Å². The van der Waals surface area contributed by atoms with E-state index in [-0.39, 0.29) is 12.5 Å². The van der Waals surface area contributed by atoms with Gasteiger partial charge in [-0.2, -0.15) is 5.21 Å². The third-order valence-electron chi connectivity index (χ3n) is 6.94. The molecule has 2 aromatic carbocycles. The summed E-state index contributed by atoms with van der Waals surface area (Å²) >= 11 is 3.72. The molecule has 5 rings (SSSR count). The van der Waals surface area contributed by atoms with E-state index in [9.17, 15) is 14.7 Å². The van der Waals surface area contributed by atoms with E-state index < -0.39 is 11.8 Å². The van der Waals surface area contributed by atoms with Gasteiger partial charge in [0.05, 0.1) is 11.0 Å². The van der Waals surface area contributed by atoms with Crippen molar-refractivity contribution in [3.05, 3.63) is 52.5 Å². The second-order valence-electron chi connectivity index (χ2n) is 9.61. The molecule has 38 heavy (non-hydrogen) atoms. The van der Waals surface area contributed by atoms with E-state index in [4.69, 9.17) is 9.15 Å². The number of halogens is 1. The minimum absolute atomic E-state index is 0.0196. The lowest BCUT2D eigenvalue weighted by molar-refractivity contribution is -0.136. The normalized spacial score (nSPS) is 14.6. The minimum Gasteiger partial charge on any atom is -0.455 e. The van der Waals surface area contributed by atoms with Crippen molar-refractivity contribution >= 4 is 39.0 Å². The number of hydrogen-bond acceptors (Lipinski definition) is 7. The fourth-order valence-electron chi connectivity index (χ4n) is 5.21. The lowest BCUT2D eigenvalue weighted by Gasteiger charge is -2.34. The summed E-state index contributed by atoms with van der Waals surface area (Å²) in [5, 5.41) is 24.6. The number of H-pyrrole nitrogens is 1. The summed E-state index contributed by atoms with van der Waals surface area (Å²) in [6.07, 6.45) is 2.79. The molecule has 0 saturated heterocycles. The van der Waals surface area contributed by atoms with Crippen molar-refractivity contribution in [2.75, 3.05) is 6.54 Å². The van der Waals surface area contributed by atoms with Gasteiger partial charge in [-0.15, -0.1) is 10.2 Å². The van der Waals surface area contributed by atoms with Crippen molar-refractivity contribution in [1.29, 1.82) is 0 Å². The molecule has 2 heterocycles. The van der Waals surface area contributed by atoms with Crippen molar-refractivity contribution in [3.63, 3.8) is 0 Å². The zero-order valence-electron chi connectivity index (χ0n) is 20.9. The highest BCUT2D eigenvalue weighted by molar-refractivity contribution is 9.10. The van der Waals surface area contributed by atoms with Gasteiger partial charge < -0.3 is 19.2 Å². The number of nitrogens with zero attached hydrogens (tertiary/aromatic N) is 4. The molecule has 11 heteroatoms. The Morgan fingerprint density at radius 1 is 1.18 bits per heavy atom. The van der Waals surface area contributed by atoms with E-state index in [1.54, 1.807) is 4.90 Å². The number of aromatic amines is 1. The molecule has 0 bridgehead atoms. The van der Waals surface area contributed by atoms with Gasteiger partial charge in [-0.3, -0.25) is 4.79 Å². The van der Waals surface area contributed by atoms with E-state index in [0.29, 0.717) is 49.4 Å². The number of carbonyl (C=O) groups excluding carboxylic acids is 1. The summed E-state index contributed by atoms with van der Waals surface area (Å²) in [7, 11) is 0. The molecule has 0 atom stereocenters. The standard InChI is InChI=1S/C27H28BrN5O5/c1-2-7-22(34)33(16-27(38-26(35)36)12-5-6-13-27)15-17-10-11-21-20(14-17)23(28)24(37-21)18-8-3-4-9-19(18)25-29-31-32-30-25/h3-4,8-11,14H,2,5-7,12-13,15-16H2,1H3,(H,35,36)(H,29,30,31,32). The third-order valence-corrected chi connectivity index (χ3v) is 7.72. The van der Waals surface area contributed by atoms with Crippen LogP contribution in [-0.4, -0.2) is 54.8 Å². The molecule has 0 unspecified atom stereocenters. The number of aromatic nitrogens is 4. The van der Waals surface area contributed by atoms with E-state index in [1.807, 2.05) is 49.4 Å². The fraction of sp³-hybridized carbons (Fsp3) is 0.370. The molecule has 0 spiro atoms. The number of tetrazole rings is 1. The number of hydrogen-bond donors (Lipinski definition) is 2. The molecule has 0 radical (unpaired) electrons. The second-order valence-corrected chi connectivity index (χ2v) is 10.4. The van der Waals surface area contributed by atoms with Gasteiger partial charge in [-0.05, 0) is 70.9 Å². The van der Waals surface area contributed by atoms with Crippen molar-refractivity contribution in [2.45, 2.75) is 57.6 Å². The fourth-order valence-corrected chi connectivity index (χ4v) is 5.81. The molecular formula is C27H28BrN5O5. The highest BCUT2D eigenvalue weighted by atomic mass is 79.9. The highest BCUT2D eigenvalue weighted by Gasteiger charge is 2.40. The average molecular weight is 582 g/mol. The Labute approximate surface area is 227 Å². The lowest BCUT2D eigenvalue weighted by atomic mass is 10.00. The number of furan rings is 1. The quantitative estimate of drug-likeness (QED) is 0.224. The smallest absolute Gasteiger partial charge is 0.455 e. The van der Waals surface area contributed by atoms with Gasteiger partial charge in [0.25, 0.3) is 0 Å². The Kier molecular flexibility index (Phi) is 7.46. The summed E-state index contributed by atoms with van der Waals surface area (Å²) in [6.45, 7) is 2.54. The van der Waals surface area contributed by atoms with Crippen molar-refractivity contribution in [1.82, 2.24) is 25.5 Å². The molecule has 10 nitrogen and oxygen atoms in total. The topological polar surface area (TPSA) is 134 Å². The molecule has 1 fully saturated rings. The molecule has 1 aliphatic carbocycles. The zero-order valence-corrected chi connectivity index (χ0v) is 22.5. The highest BCUT2D eigenvalue weighted by Crippen LogP contribution is 2.41. The molecule has 1 amide bonds. The van der Waals surface area contributed by atoms with Crippen LogP contribution in [0.3, 0.4) is 0 Å². The van der Waals surface area contributed by atoms with Gasteiger partial charge in [0.15, 0.2) is 0 Å². The molecule has 0 aliphatic heterocycles. The van der Waals surface area contributed by atoms with Crippen LogP contribution in [0.4, 0.5) is 4.79 Å². The Hall–Kier alpha value is -3.73. The summed E-state index contributed by atoms with van der Waals surface area (Å²) < 4.78 is 12.4.